The molecule has 0 aromatic heterocycles. The second-order valence-electron chi connectivity index (χ2n) is 11.2. The minimum Gasteiger partial charge on any atom is -0.394 e. The van der Waals surface area contributed by atoms with Gasteiger partial charge in [-0.25, -0.2) is 0 Å². The van der Waals surface area contributed by atoms with Gasteiger partial charge in [-0.15, -0.1) is 0 Å². The highest BCUT2D eigenvalue weighted by molar-refractivity contribution is 5.85. The van der Waals surface area contributed by atoms with Crippen molar-refractivity contribution in [2.45, 2.75) is 78.6 Å². The lowest BCUT2D eigenvalue weighted by atomic mass is 9.45. The number of rotatable bonds is 4. The van der Waals surface area contributed by atoms with Crippen LogP contribution in [0.1, 0.15) is 78.6 Å². The van der Waals surface area contributed by atoms with Crippen molar-refractivity contribution in [3.05, 3.63) is 0 Å². The monoisotopic (exact) mass is 374 g/mol. The molecule has 3 nitrogen and oxygen atoms in total. The van der Waals surface area contributed by atoms with Gasteiger partial charge in [0.2, 0.25) is 0 Å². The van der Waals surface area contributed by atoms with Gasteiger partial charge in [-0.2, -0.15) is 0 Å². The molecule has 0 bridgehead atoms. The minimum atomic E-state index is 0.554. The number of hydrogen-bond donors (Lipinski definition) is 0. The molecule has 4 aliphatic rings. The summed E-state index contributed by atoms with van der Waals surface area (Å²) in [6.45, 7) is 9.48. The molecule has 0 spiro atoms. The van der Waals surface area contributed by atoms with Gasteiger partial charge in [0.25, 0.3) is 0 Å². The van der Waals surface area contributed by atoms with Crippen molar-refractivity contribution in [1.29, 1.82) is 0 Å². The van der Waals surface area contributed by atoms with E-state index in [1.807, 2.05) is 0 Å². The first-order valence-electron chi connectivity index (χ1n) is 11.7. The Morgan fingerprint density at radius 2 is 1.78 bits per heavy atom. The van der Waals surface area contributed by atoms with Gasteiger partial charge < -0.3 is 9.74 Å². The van der Waals surface area contributed by atoms with Gasteiger partial charge in [-0.1, -0.05) is 25.9 Å². The van der Waals surface area contributed by atoms with Crippen LogP contribution in [-0.2, 0) is 4.84 Å². The Hall–Kier alpha value is -0.570. The number of oxime groups is 1. The summed E-state index contributed by atoms with van der Waals surface area (Å²) in [5.41, 5.74) is 2.54. The molecule has 4 aliphatic carbocycles. The molecule has 3 heteroatoms. The van der Waals surface area contributed by atoms with Crippen LogP contribution in [0.25, 0.3) is 0 Å². The van der Waals surface area contributed by atoms with E-state index in [-0.39, 0.29) is 0 Å². The van der Waals surface area contributed by atoms with Crippen LogP contribution in [0.3, 0.4) is 0 Å². The van der Waals surface area contributed by atoms with E-state index < -0.39 is 0 Å². The van der Waals surface area contributed by atoms with Crippen molar-refractivity contribution < 1.29 is 4.84 Å². The van der Waals surface area contributed by atoms with Gasteiger partial charge in [-0.05, 0) is 112 Å². The molecule has 0 aromatic carbocycles. The zero-order valence-corrected chi connectivity index (χ0v) is 18.5. The summed E-state index contributed by atoms with van der Waals surface area (Å²) in [6.07, 6.45) is 12.6. The molecule has 0 radical (unpaired) electrons. The maximum Gasteiger partial charge on any atom is 0.129 e. The quantitative estimate of drug-likeness (QED) is 0.473. The van der Waals surface area contributed by atoms with Crippen LogP contribution >= 0.6 is 0 Å². The van der Waals surface area contributed by atoms with Gasteiger partial charge in [0, 0.05) is 6.54 Å². The fourth-order valence-corrected chi connectivity index (χ4v) is 7.77. The zero-order chi connectivity index (χ0) is 19.2. The fraction of sp³-hybridized carbons (Fsp3) is 0.958. The number of hydrogen-bond acceptors (Lipinski definition) is 3. The number of nitrogens with zero attached hydrogens (tertiary/aromatic N) is 2. The van der Waals surface area contributed by atoms with Crippen LogP contribution in [-0.4, -0.2) is 37.9 Å². The molecule has 4 unspecified atom stereocenters. The molecule has 154 valence electrons. The van der Waals surface area contributed by atoms with E-state index in [2.05, 4.69) is 44.9 Å². The minimum absolute atomic E-state index is 0.554. The lowest BCUT2D eigenvalue weighted by Gasteiger charge is -2.60. The van der Waals surface area contributed by atoms with Crippen molar-refractivity contribution in [3.63, 3.8) is 0 Å². The summed E-state index contributed by atoms with van der Waals surface area (Å²) >= 11 is 0. The molecule has 4 rings (SSSR count). The maximum absolute atomic E-state index is 5.63. The molecular weight excluding hydrogens is 332 g/mol. The van der Waals surface area contributed by atoms with Gasteiger partial charge in [0.05, 0.1) is 5.71 Å². The molecule has 4 fully saturated rings. The normalized spacial score (nSPS) is 48.2. The molecule has 0 saturated heterocycles. The molecule has 7 atom stereocenters. The molecular formula is C24H42N2O. The van der Waals surface area contributed by atoms with Crippen molar-refractivity contribution >= 4 is 5.71 Å². The summed E-state index contributed by atoms with van der Waals surface area (Å²) in [4.78, 5) is 7.78. The summed E-state index contributed by atoms with van der Waals surface area (Å²) < 4.78 is 0. The highest BCUT2D eigenvalue weighted by Gasteiger charge is 2.59. The fourth-order valence-electron chi connectivity index (χ4n) is 7.77. The SMILES string of the molecule is C[C@H]1CCC2C3CCC4CC(=NOCCN(C)C)CC[C@]4(C)C3CC[C@@]21C. The standard InChI is InChI=1S/C24H42N2O/c1-17-6-9-21-20-8-7-18-16-19(25-27-15-14-26(4)5)10-12-24(18,3)22(20)11-13-23(17,21)2/h17-18,20-22H,6-16H2,1-5H3/t17-,18?,20?,21?,22?,23+,24-/m0/s1. The number of fused-ring (bicyclic) bond motifs is 5. The Balaban J connectivity index is 1.43. The molecule has 0 N–H and O–H groups in total. The lowest BCUT2D eigenvalue weighted by molar-refractivity contribution is -0.0994. The topological polar surface area (TPSA) is 24.8 Å². The van der Waals surface area contributed by atoms with Crippen LogP contribution in [0.4, 0.5) is 0 Å². The van der Waals surface area contributed by atoms with Crippen LogP contribution in [0.2, 0.25) is 0 Å². The van der Waals surface area contributed by atoms with E-state index in [1.54, 1.807) is 0 Å². The Morgan fingerprint density at radius 3 is 2.56 bits per heavy atom. The van der Waals surface area contributed by atoms with Gasteiger partial charge in [0.15, 0.2) is 0 Å². The summed E-state index contributed by atoms with van der Waals surface area (Å²) in [6, 6.07) is 0. The molecule has 0 aliphatic heterocycles. The molecule has 27 heavy (non-hydrogen) atoms. The van der Waals surface area contributed by atoms with Crippen molar-refractivity contribution in [3.8, 4) is 0 Å². The summed E-state index contributed by atoms with van der Waals surface area (Å²) in [5, 5.41) is 4.55. The highest BCUT2D eigenvalue weighted by atomic mass is 16.6. The Kier molecular flexibility index (Phi) is 5.37. The third-order valence-corrected chi connectivity index (χ3v) is 9.80. The third-order valence-electron chi connectivity index (χ3n) is 9.80. The maximum atomic E-state index is 5.63. The second kappa shape index (κ2) is 7.35. The largest absolute Gasteiger partial charge is 0.394 e. The van der Waals surface area contributed by atoms with Crippen LogP contribution in [0.5, 0.6) is 0 Å². The second-order valence-corrected chi connectivity index (χ2v) is 11.2. The van der Waals surface area contributed by atoms with E-state index >= 15 is 0 Å². The van der Waals surface area contributed by atoms with Gasteiger partial charge in [0.1, 0.15) is 6.61 Å². The third kappa shape index (κ3) is 3.36. The van der Waals surface area contributed by atoms with Crippen LogP contribution in [0.15, 0.2) is 5.16 Å². The van der Waals surface area contributed by atoms with Crippen molar-refractivity contribution in [2.75, 3.05) is 27.2 Å². The van der Waals surface area contributed by atoms with E-state index in [9.17, 15) is 0 Å². The van der Waals surface area contributed by atoms with Gasteiger partial charge in [-0.3, -0.25) is 0 Å². The highest BCUT2D eigenvalue weighted by Crippen LogP contribution is 2.67. The van der Waals surface area contributed by atoms with Gasteiger partial charge >= 0.3 is 0 Å². The molecule has 4 saturated carbocycles. The molecule has 0 amide bonds. The van der Waals surface area contributed by atoms with E-state index in [4.69, 9.17) is 4.84 Å². The summed E-state index contributed by atoms with van der Waals surface area (Å²) in [7, 11) is 4.17. The average Bonchev–Trinajstić information content (AvgIpc) is 2.94. The zero-order valence-electron chi connectivity index (χ0n) is 18.5. The average molecular weight is 375 g/mol. The van der Waals surface area contributed by atoms with Crippen molar-refractivity contribution in [2.24, 2.45) is 45.6 Å². The predicted molar refractivity (Wildman–Crippen MR) is 113 cm³/mol. The first-order chi connectivity index (χ1) is 12.8. The first kappa shape index (κ1) is 19.7. The van der Waals surface area contributed by atoms with Crippen molar-refractivity contribution in [1.82, 2.24) is 4.90 Å². The van der Waals surface area contributed by atoms with Crippen LogP contribution < -0.4 is 0 Å². The smallest absolute Gasteiger partial charge is 0.129 e. The van der Waals surface area contributed by atoms with E-state index in [1.165, 1.54) is 57.1 Å². The first-order valence-corrected chi connectivity index (χ1v) is 11.7. The van der Waals surface area contributed by atoms with E-state index in [0.717, 1.165) is 42.6 Å². The molecule has 0 heterocycles. The summed E-state index contributed by atoms with van der Waals surface area (Å²) in [5.74, 6) is 4.76. The number of likely N-dealkylation sites (N-methyl/N-ethyl adjacent to an activating group) is 1. The Labute approximate surface area is 167 Å². The lowest BCUT2D eigenvalue weighted by Crippen LogP contribution is -2.53. The Morgan fingerprint density at radius 1 is 1.00 bits per heavy atom. The predicted octanol–water partition coefficient (Wildman–Crippen LogP) is 5.60. The van der Waals surface area contributed by atoms with E-state index in [0.29, 0.717) is 17.4 Å². The van der Waals surface area contributed by atoms with Crippen LogP contribution in [0, 0.1) is 40.4 Å². The molecule has 0 aromatic rings. The Bertz CT molecular complexity index is 573.